The van der Waals surface area contributed by atoms with Crippen molar-refractivity contribution < 1.29 is 24.5 Å². The van der Waals surface area contributed by atoms with Crippen LogP contribution in [0.25, 0.3) is 0 Å². The number of ether oxygens (including phenoxy) is 1. The number of methoxy groups -OCH3 is 1. The number of benzene rings is 2. The predicted octanol–water partition coefficient (Wildman–Crippen LogP) is 2.55. The fourth-order valence-electron chi connectivity index (χ4n) is 2.24. The zero-order chi connectivity index (χ0) is 18.4. The van der Waals surface area contributed by atoms with E-state index in [0.29, 0.717) is 21.9 Å². The number of aliphatic hydroxyl groups is 1. The van der Waals surface area contributed by atoms with Crippen molar-refractivity contribution in [1.82, 2.24) is 0 Å². The SMILES string of the molecule is COc1ccc([C@H](Sc2ccccc2NC(C)=O)[C@@H](O)C(=O)O)cc1.[Na]. The second kappa shape index (κ2) is 10.6. The molecule has 2 aromatic rings. The van der Waals surface area contributed by atoms with Crippen LogP contribution in [0.2, 0.25) is 0 Å². The number of aliphatic hydroxyl groups excluding tert-OH is 1. The van der Waals surface area contributed by atoms with Crippen molar-refractivity contribution in [1.29, 1.82) is 0 Å². The molecular formula is C18H19NNaO5S. The van der Waals surface area contributed by atoms with Crippen molar-refractivity contribution >= 4 is 58.9 Å². The summed E-state index contributed by atoms with van der Waals surface area (Å²) in [6, 6.07) is 13.9. The molecule has 0 spiro atoms. The van der Waals surface area contributed by atoms with Crippen LogP contribution in [0.5, 0.6) is 5.75 Å². The summed E-state index contributed by atoms with van der Waals surface area (Å²) in [4.78, 5) is 23.4. The quantitative estimate of drug-likeness (QED) is 0.502. The molecular weight excluding hydrogens is 365 g/mol. The van der Waals surface area contributed by atoms with Gasteiger partial charge in [0.15, 0.2) is 6.10 Å². The summed E-state index contributed by atoms with van der Waals surface area (Å²) in [5, 5.41) is 21.4. The molecule has 0 aliphatic carbocycles. The first-order chi connectivity index (χ1) is 11.9. The molecule has 2 aromatic carbocycles. The summed E-state index contributed by atoms with van der Waals surface area (Å²) >= 11 is 1.17. The maximum absolute atomic E-state index is 11.4. The van der Waals surface area contributed by atoms with Crippen LogP contribution in [0, 0.1) is 0 Å². The molecule has 0 unspecified atom stereocenters. The molecule has 0 heterocycles. The van der Waals surface area contributed by atoms with Gasteiger partial charge in [-0.2, -0.15) is 0 Å². The Balaban J connectivity index is 0.00000338. The Morgan fingerprint density at radius 3 is 2.27 bits per heavy atom. The average Bonchev–Trinajstić information content (AvgIpc) is 2.60. The number of carbonyl (C=O) groups excluding carboxylic acids is 1. The number of hydrogen-bond donors (Lipinski definition) is 3. The Kier molecular flexibility index (Phi) is 9.18. The summed E-state index contributed by atoms with van der Waals surface area (Å²) < 4.78 is 5.10. The first-order valence-corrected chi connectivity index (χ1v) is 8.38. The Morgan fingerprint density at radius 1 is 1.12 bits per heavy atom. The topological polar surface area (TPSA) is 95.9 Å². The minimum Gasteiger partial charge on any atom is -0.497 e. The fraction of sp³-hybridized carbons (Fsp3) is 0.222. The molecule has 3 N–H and O–H groups in total. The van der Waals surface area contributed by atoms with E-state index in [1.165, 1.54) is 25.8 Å². The molecule has 0 bridgehead atoms. The van der Waals surface area contributed by atoms with E-state index in [4.69, 9.17) is 4.74 Å². The molecule has 2 atom stereocenters. The molecule has 0 saturated heterocycles. The number of anilines is 1. The monoisotopic (exact) mass is 384 g/mol. The van der Waals surface area contributed by atoms with E-state index < -0.39 is 17.3 Å². The maximum atomic E-state index is 11.4. The minimum atomic E-state index is -1.61. The van der Waals surface area contributed by atoms with Crippen LogP contribution in [0.3, 0.4) is 0 Å². The van der Waals surface area contributed by atoms with Gasteiger partial charge < -0.3 is 20.3 Å². The minimum absolute atomic E-state index is 0. The molecule has 1 radical (unpaired) electrons. The van der Waals surface area contributed by atoms with Crippen molar-refractivity contribution in [2.24, 2.45) is 0 Å². The molecule has 0 fully saturated rings. The number of aliphatic carboxylic acids is 1. The summed E-state index contributed by atoms with van der Waals surface area (Å²) in [6.07, 6.45) is -1.61. The van der Waals surface area contributed by atoms with Crippen molar-refractivity contribution in [2.75, 3.05) is 12.4 Å². The van der Waals surface area contributed by atoms with Crippen molar-refractivity contribution in [3.63, 3.8) is 0 Å². The van der Waals surface area contributed by atoms with Crippen LogP contribution in [0.1, 0.15) is 17.7 Å². The number of rotatable bonds is 7. The van der Waals surface area contributed by atoms with Crippen LogP contribution < -0.4 is 10.1 Å². The smallest absolute Gasteiger partial charge is 0.334 e. The van der Waals surface area contributed by atoms with Crippen LogP contribution in [0.4, 0.5) is 5.69 Å². The van der Waals surface area contributed by atoms with Crippen LogP contribution in [-0.4, -0.2) is 64.9 Å². The van der Waals surface area contributed by atoms with Gasteiger partial charge in [-0.25, -0.2) is 4.79 Å². The number of carboxylic acids is 1. The van der Waals surface area contributed by atoms with Crippen LogP contribution in [-0.2, 0) is 9.59 Å². The number of nitrogens with one attached hydrogen (secondary N) is 1. The molecule has 0 aliphatic rings. The van der Waals surface area contributed by atoms with E-state index in [0.717, 1.165) is 0 Å². The number of hydrogen-bond acceptors (Lipinski definition) is 5. The third-order valence-electron chi connectivity index (χ3n) is 3.44. The molecule has 6 nitrogen and oxygen atoms in total. The molecule has 0 saturated carbocycles. The van der Waals surface area contributed by atoms with E-state index in [1.54, 1.807) is 48.5 Å². The molecule has 1 amide bonds. The second-order valence-corrected chi connectivity index (χ2v) is 6.46. The maximum Gasteiger partial charge on any atom is 0.334 e. The number of thioether (sulfide) groups is 1. The van der Waals surface area contributed by atoms with Gasteiger partial charge in [0.1, 0.15) is 5.75 Å². The largest absolute Gasteiger partial charge is 0.497 e. The van der Waals surface area contributed by atoms with Gasteiger partial charge in [-0.1, -0.05) is 24.3 Å². The Bertz CT molecular complexity index is 754. The zero-order valence-electron chi connectivity index (χ0n) is 14.8. The molecule has 133 valence electrons. The first-order valence-electron chi connectivity index (χ1n) is 7.50. The van der Waals surface area contributed by atoms with E-state index in [1.807, 2.05) is 0 Å². The zero-order valence-corrected chi connectivity index (χ0v) is 17.6. The van der Waals surface area contributed by atoms with E-state index in [2.05, 4.69) is 5.32 Å². The summed E-state index contributed by atoms with van der Waals surface area (Å²) in [6.45, 7) is 1.40. The van der Waals surface area contributed by atoms with Gasteiger partial charge in [0, 0.05) is 41.4 Å². The Hall–Kier alpha value is -1.51. The van der Waals surface area contributed by atoms with Gasteiger partial charge in [0.25, 0.3) is 0 Å². The molecule has 8 heteroatoms. The third kappa shape index (κ3) is 6.03. The van der Waals surface area contributed by atoms with Crippen molar-refractivity contribution in [3.8, 4) is 5.75 Å². The van der Waals surface area contributed by atoms with E-state index >= 15 is 0 Å². The van der Waals surface area contributed by atoms with E-state index in [-0.39, 0.29) is 35.5 Å². The van der Waals surface area contributed by atoms with Gasteiger partial charge >= 0.3 is 5.97 Å². The number of carbonyl (C=O) groups is 2. The number of amides is 1. The third-order valence-corrected chi connectivity index (χ3v) is 4.83. The molecule has 26 heavy (non-hydrogen) atoms. The van der Waals surface area contributed by atoms with Gasteiger partial charge in [-0.05, 0) is 29.8 Å². The molecule has 0 aromatic heterocycles. The Morgan fingerprint density at radius 2 is 1.73 bits per heavy atom. The fourth-order valence-corrected chi connectivity index (χ4v) is 3.45. The number of para-hydroxylation sites is 1. The summed E-state index contributed by atoms with van der Waals surface area (Å²) in [7, 11) is 1.54. The summed E-state index contributed by atoms with van der Waals surface area (Å²) in [5.41, 5.74) is 1.20. The van der Waals surface area contributed by atoms with Gasteiger partial charge in [-0.3, -0.25) is 4.79 Å². The van der Waals surface area contributed by atoms with Gasteiger partial charge in [0.2, 0.25) is 5.91 Å². The van der Waals surface area contributed by atoms with Crippen LogP contribution >= 0.6 is 11.8 Å². The second-order valence-electron chi connectivity index (χ2n) is 5.27. The van der Waals surface area contributed by atoms with Crippen molar-refractivity contribution in [3.05, 3.63) is 54.1 Å². The Labute approximate surface area is 178 Å². The van der Waals surface area contributed by atoms with Crippen molar-refractivity contribution in [2.45, 2.75) is 23.2 Å². The number of carboxylic acid groups (broad SMARTS) is 1. The molecule has 0 aliphatic heterocycles. The average molecular weight is 384 g/mol. The molecule has 2 rings (SSSR count). The van der Waals surface area contributed by atoms with Crippen LogP contribution in [0.15, 0.2) is 53.4 Å². The first kappa shape index (κ1) is 22.5. The normalized spacial score (nSPS) is 12.4. The van der Waals surface area contributed by atoms with Gasteiger partial charge in [0.05, 0.1) is 18.0 Å². The summed E-state index contributed by atoms with van der Waals surface area (Å²) in [5.74, 6) is -0.908. The predicted molar refractivity (Wildman–Crippen MR) is 102 cm³/mol. The standard InChI is InChI=1S/C18H19NO5S.Na/c1-11(20)19-14-5-3-4-6-15(14)25-17(16(21)18(22)23)12-7-9-13(24-2)10-8-12;/h3-10,16-17,21H,1-2H3,(H,19,20)(H,22,23);/t16-,17+;/m1./s1. The van der Waals surface area contributed by atoms with Gasteiger partial charge in [-0.15, -0.1) is 11.8 Å². The van der Waals surface area contributed by atoms with E-state index in [9.17, 15) is 19.8 Å².